The Hall–Kier alpha value is -3.36. The van der Waals surface area contributed by atoms with Gasteiger partial charge in [-0.15, -0.1) is 0 Å². The first-order chi connectivity index (χ1) is 14.3. The minimum Gasteiger partial charge on any atom is -0.493 e. The minimum atomic E-state index is -3.27. The number of carbonyl (C=O) groups excluding carboxylic acids is 1. The summed E-state index contributed by atoms with van der Waals surface area (Å²) < 4.78 is 44.0. The molecule has 1 fully saturated rings. The average Bonchev–Trinajstić information content (AvgIpc) is 3.07. The highest BCUT2D eigenvalue weighted by atomic mass is 19.3. The second-order valence-electron chi connectivity index (χ2n) is 6.83. The van der Waals surface area contributed by atoms with Crippen molar-refractivity contribution in [3.63, 3.8) is 0 Å². The second-order valence-corrected chi connectivity index (χ2v) is 6.83. The molecule has 0 spiro atoms. The first-order valence-corrected chi connectivity index (χ1v) is 9.10. The number of carboxylic acid groups (broad SMARTS) is 1. The van der Waals surface area contributed by atoms with Crippen LogP contribution >= 0.6 is 0 Å². The van der Waals surface area contributed by atoms with Crippen molar-refractivity contribution in [3.8, 4) is 17.2 Å². The molecular weight excluding hydrogens is 400 g/mol. The normalized spacial score (nSPS) is 17.5. The number of nitrogens with zero attached hydrogens (tertiary/aromatic N) is 1. The SMILES string of the molecule is COc1cc(C(=O)N2CC(F)(F)CC2C(=O)O)cc(OC)c1OCc1ccccc1. The van der Waals surface area contributed by atoms with Gasteiger partial charge in [0.15, 0.2) is 11.5 Å². The van der Waals surface area contributed by atoms with Crippen LogP contribution in [0.2, 0.25) is 0 Å². The maximum atomic E-state index is 13.8. The molecule has 2 aromatic rings. The lowest BCUT2D eigenvalue weighted by atomic mass is 10.1. The Labute approximate surface area is 171 Å². The first kappa shape index (κ1) is 21.4. The van der Waals surface area contributed by atoms with E-state index in [0.717, 1.165) is 5.56 Å². The zero-order chi connectivity index (χ0) is 21.9. The number of alkyl halides is 2. The predicted molar refractivity (Wildman–Crippen MR) is 102 cm³/mol. The molecule has 1 N–H and O–H groups in total. The minimum absolute atomic E-state index is 0.0419. The van der Waals surface area contributed by atoms with E-state index < -0.39 is 36.8 Å². The highest BCUT2D eigenvalue weighted by Crippen LogP contribution is 2.40. The van der Waals surface area contributed by atoms with Gasteiger partial charge in [0.25, 0.3) is 11.8 Å². The summed E-state index contributed by atoms with van der Waals surface area (Å²) in [7, 11) is 2.73. The summed E-state index contributed by atoms with van der Waals surface area (Å²) in [6.45, 7) is -0.764. The summed E-state index contributed by atoms with van der Waals surface area (Å²) in [5.41, 5.74) is 0.852. The quantitative estimate of drug-likeness (QED) is 0.739. The number of amides is 1. The predicted octanol–water partition coefficient (Wildman–Crippen LogP) is 3.22. The van der Waals surface area contributed by atoms with Gasteiger partial charge >= 0.3 is 5.97 Å². The molecule has 1 saturated heterocycles. The monoisotopic (exact) mass is 421 g/mol. The van der Waals surface area contributed by atoms with Crippen molar-refractivity contribution < 1.29 is 37.7 Å². The molecule has 1 aliphatic heterocycles. The van der Waals surface area contributed by atoms with E-state index in [4.69, 9.17) is 14.2 Å². The molecule has 9 heteroatoms. The van der Waals surface area contributed by atoms with E-state index >= 15 is 0 Å². The molecule has 2 aromatic carbocycles. The van der Waals surface area contributed by atoms with Crippen molar-refractivity contribution in [1.82, 2.24) is 4.90 Å². The lowest BCUT2D eigenvalue weighted by Gasteiger charge is -2.22. The van der Waals surface area contributed by atoms with Crippen LogP contribution in [-0.4, -0.2) is 54.6 Å². The van der Waals surface area contributed by atoms with Gasteiger partial charge in [0.1, 0.15) is 12.6 Å². The van der Waals surface area contributed by atoms with Gasteiger partial charge in [-0.25, -0.2) is 13.6 Å². The van der Waals surface area contributed by atoms with Crippen LogP contribution in [0.4, 0.5) is 8.78 Å². The maximum Gasteiger partial charge on any atom is 0.326 e. The van der Waals surface area contributed by atoms with Crippen molar-refractivity contribution in [3.05, 3.63) is 53.6 Å². The number of aliphatic carboxylic acids is 1. The molecule has 0 saturated carbocycles. The molecule has 0 aliphatic carbocycles. The smallest absolute Gasteiger partial charge is 0.326 e. The highest BCUT2D eigenvalue weighted by Gasteiger charge is 2.50. The van der Waals surface area contributed by atoms with Crippen LogP contribution in [0.5, 0.6) is 17.2 Å². The van der Waals surface area contributed by atoms with E-state index in [-0.39, 0.29) is 29.4 Å². The molecule has 30 heavy (non-hydrogen) atoms. The molecule has 1 unspecified atom stereocenters. The number of ether oxygens (including phenoxy) is 3. The number of hydrogen-bond donors (Lipinski definition) is 1. The lowest BCUT2D eigenvalue weighted by Crippen LogP contribution is -2.40. The molecule has 1 heterocycles. The Morgan fingerprint density at radius 1 is 1.13 bits per heavy atom. The van der Waals surface area contributed by atoms with E-state index in [1.165, 1.54) is 26.4 Å². The third-order valence-corrected chi connectivity index (χ3v) is 4.75. The van der Waals surface area contributed by atoms with Crippen LogP contribution in [0.25, 0.3) is 0 Å². The van der Waals surface area contributed by atoms with Crippen LogP contribution < -0.4 is 14.2 Å². The summed E-state index contributed by atoms with van der Waals surface area (Å²) in [5.74, 6) is -5.06. The van der Waals surface area contributed by atoms with Crippen molar-refractivity contribution in [2.24, 2.45) is 0 Å². The number of hydrogen-bond acceptors (Lipinski definition) is 5. The third-order valence-electron chi connectivity index (χ3n) is 4.75. The molecule has 0 radical (unpaired) electrons. The van der Waals surface area contributed by atoms with Gasteiger partial charge in [-0.3, -0.25) is 4.79 Å². The van der Waals surface area contributed by atoms with Crippen LogP contribution in [0, 0.1) is 0 Å². The number of carboxylic acids is 1. The zero-order valence-electron chi connectivity index (χ0n) is 16.4. The molecule has 0 aromatic heterocycles. The Morgan fingerprint density at radius 3 is 2.27 bits per heavy atom. The molecule has 3 rings (SSSR count). The van der Waals surface area contributed by atoms with E-state index in [2.05, 4.69) is 0 Å². The van der Waals surface area contributed by atoms with E-state index in [1.807, 2.05) is 30.3 Å². The Bertz CT molecular complexity index is 909. The summed E-state index contributed by atoms with van der Waals surface area (Å²) in [5, 5.41) is 9.24. The zero-order valence-corrected chi connectivity index (χ0v) is 16.4. The summed E-state index contributed by atoms with van der Waals surface area (Å²) >= 11 is 0. The van der Waals surface area contributed by atoms with Crippen LogP contribution in [0.3, 0.4) is 0 Å². The number of carbonyl (C=O) groups is 2. The van der Waals surface area contributed by atoms with Gasteiger partial charge in [0.2, 0.25) is 5.75 Å². The molecule has 7 nitrogen and oxygen atoms in total. The Kier molecular flexibility index (Phi) is 6.09. The number of likely N-dealkylation sites (tertiary alicyclic amines) is 1. The van der Waals surface area contributed by atoms with Crippen molar-refractivity contribution in [2.75, 3.05) is 20.8 Å². The number of rotatable bonds is 7. The van der Waals surface area contributed by atoms with Gasteiger partial charge in [-0.05, 0) is 17.7 Å². The first-order valence-electron chi connectivity index (χ1n) is 9.10. The van der Waals surface area contributed by atoms with Crippen molar-refractivity contribution in [2.45, 2.75) is 25.0 Å². The van der Waals surface area contributed by atoms with Gasteiger partial charge in [0.05, 0.1) is 20.8 Å². The van der Waals surface area contributed by atoms with E-state index in [1.54, 1.807) is 0 Å². The number of methoxy groups -OCH3 is 2. The molecule has 160 valence electrons. The fourth-order valence-electron chi connectivity index (χ4n) is 3.29. The fourth-order valence-corrected chi connectivity index (χ4v) is 3.29. The van der Waals surface area contributed by atoms with E-state index in [0.29, 0.717) is 4.90 Å². The molecule has 1 aliphatic rings. The highest BCUT2D eigenvalue weighted by molar-refractivity contribution is 5.98. The largest absolute Gasteiger partial charge is 0.493 e. The van der Waals surface area contributed by atoms with Gasteiger partial charge < -0.3 is 24.2 Å². The van der Waals surface area contributed by atoms with Gasteiger partial charge in [-0.1, -0.05) is 30.3 Å². The topological polar surface area (TPSA) is 85.3 Å². The second kappa shape index (κ2) is 8.56. The molecule has 1 atom stereocenters. The number of halogens is 2. The fraction of sp³-hybridized carbons (Fsp3) is 0.333. The average molecular weight is 421 g/mol. The standard InChI is InChI=1S/C21H21F2NO6/c1-28-16-8-14(19(25)24-12-21(22,23)10-15(24)20(26)27)9-17(29-2)18(16)30-11-13-6-4-3-5-7-13/h3-9,15H,10-12H2,1-2H3,(H,26,27). The Balaban J connectivity index is 1.90. The number of benzene rings is 2. The Morgan fingerprint density at radius 2 is 1.73 bits per heavy atom. The molecule has 1 amide bonds. The van der Waals surface area contributed by atoms with Gasteiger partial charge in [-0.2, -0.15) is 0 Å². The molecular formula is C21H21F2NO6. The van der Waals surface area contributed by atoms with Gasteiger partial charge in [0, 0.05) is 12.0 Å². The summed E-state index contributed by atoms with van der Waals surface area (Å²) in [6, 6.07) is 10.4. The summed E-state index contributed by atoms with van der Waals surface area (Å²) in [6.07, 6.45) is -0.930. The molecule has 0 bridgehead atoms. The summed E-state index contributed by atoms with van der Waals surface area (Å²) in [4.78, 5) is 24.9. The van der Waals surface area contributed by atoms with Crippen LogP contribution in [0.15, 0.2) is 42.5 Å². The van der Waals surface area contributed by atoms with Crippen molar-refractivity contribution >= 4 is 11.9 Å². The lowest BCUT2D eigenvalue weighted by molar-refractivity contribution is -0.141. The van der Waals surface area contributed by atoms with E-state index in [9.17, 15) is 23.5 Å². The maximum absolute atomic E-state index is 13.8. The van der Waals surface area contributed by atoms with Crippen LogP contribution in [-0.2, 0) is 11.4 Å². The third kappa shape index (κ3) is 4.45. The van der Waals surface area contributed by atoms with Crippen molar-refractivity contribution in [1.29, 1.82) is 0 Å². The van der Waals surface area contributed by atoms with Crippen LogP contribution in [0.1, 0.15) is 22.3 Å².